The fraction of sp³-hybridized carbons (Fsp3) is 0.308. The van der Waals surface area contributed by atoms with E-state index >= 15 is 0 Å². The van der Waals surface area contributed by atoms with Gasteiger partial charge in [-0.3, -0.25) is 19.3 Å². The van der Waals surface area contributed by atoms with Gasteiger partial charge in [0.1, 0.15) is 0 Å². The first kappa shape index (κ1) is 12.3. The van der Waals surface area contributed by atoms with Crippen molar-refractivity contribution in [3.05, 3.63) is 34.3 Å². The molecule has 1 N–H and O–H groups in total. The van der Waals surface area contributed by atoms with E-state index in [1.807, 2.05) is 24.3 Å². The molecule has 1 heterocycles. The number of rotatable bonds is 3. The van der Waals surface area contributed by atoms with Crippen LogP contribution in [0, 0.1) is 17.8 Å². The molecule has 0 spiro atoms. The van der Waals surface area contributed by atoms with Crippen molar-refractivity contribution in [3.8, 4) is 0 Å². The highest BCUT2D eigenvalue weighted by atomic mass is 79.9. The molecule has 1 aliphatic carbocycles. The van der Waals surface area contributed by atoms with Gasteiger partial charge in [-0.1, -0.05) is 28.1 Å². The number of hydrogen-bond donors (Lipinski definition) is 1. The van der Waals surface area contributed by atoms with E-state index in [4.69, 9.17) is 5.11 Å². The Balaban J connectivity index is 1.75. The number of hydrogen-bond acceptors (Lipinski definition) is 3. The molecule has 2 amide bonds. The Labute approximate surface area is 117 Å². The van der Waals surface area contributed by atoms with Gasteiger partial charge in [0.05, 0.1) is 24.3 Å². The van der Waals surface area contributed by atoms with Gasteiger partial charge in [-0.05, 0) is 17.7 Å². The molecule has 98 valence electrons. The van der Waals surface area contributed by atoms with Gasteiger partial charge < -0.3 is 5.11 Å². The van der Waals surface area contributed by atoms with Crippen LogP contribution >= 0.6 is 15.9 Å². The zero-order valence-electron chi connectivity index (χ0n) is 9.75. The minimum atomic E-state index is -1.06. The molecule has 0 aromatic heterocycles. The van der Waals surface area contributed by atoms with Gasteiger partial charge in [0, 0.05) is 4.47 Å². The lowest BCUT2D eigenvalue weighted by Gasteiger charge is -2.17. The molecule has 19 heavy (non-hydrogen) atoms. The number of carbonyl (C=O) groups excluding carboxylic acids is 2. The number of amides is 2. The third kappa shape index (κ3) is 1.87. The smallest absolute Gasteiger partial charge is 0.308 e. The summed E-state index contributed by atoms with van der Waals surface area (Å²) in [5.41, 5.74) is 0.845. The van der Waals surface area contributed by atoms with Gasteiger partial charge in [-0.25, -0.2) is 0 Å². The molecule has 1 saturated carbocycles. The highest BCUT2D eigenvalue weighted by molar-refractivity contribution is 9.10. The standard InChI is InChI=1S/C13H10BrNO4/c14-7-3-1-6(2-4-7)5-15-11(16)8-9(12(15)17)10(8)13(18)19/h1-4,8-10H,5H2,(H,18,19). The molecule has 2 fully saturated rings. The lowest BCUT2D eigenvalue weighted by molar-refractivity contribution is -0.149. The van der Waals surface area contributed by atoms with Gasteiger partial charge in [0.15, 0.2) is 0 Å². The number of halogens is 1. The van der Waals surface area contributed by atoms with Crippen LogP contribution in [0.25, 0.3) is 0 Å². The summed E-state index contributed by atoms with van der Waals surface area (Å²) in [4.78, 5) is 36.0. The van der Waals surface area contributed by atoms with Crippen LogP contribution in [0.3, 0.4) is 0 Å². The van der Waals surface area contributed by atoms with E-state index in [9.17, 15) is 14.4 Å². The Morgan fingerprint density at radius 1 is 1.16 bits per heavy atom. The van der Waals surface area contributed by atoms with Crippen LogP contribution in [0.15, 0.2) is 28.7 Å². The van der Waals surface area contributed by atoms with Crippen molar-refractivity contribution in [2.24, 2.45) is 17.8 Å². The number of benzene rings is 1. The van der Waals surface area contributed by atoms with Crippen molar-refractivity contribution >= 4 is 33.7 Å². The van der Waals surface area contributed by atoms with Gasteiger partial charge in [-0.2, -0.15) is 0 Å². The molecule has 1 aromatic carbocycles. The second-order valence-corrected chi connectivity index (χ2v) is 5.72. The summed E-state index contributed by atoms with van der Waals surface area (Å²) in [5.74, 6) is -3.85. The van der Waals surface area contributed by atoms with Crippen LogP contribution < -0.4 is 0 Å². The minimum absolute atomic E-state index is 0.213. The van der Waals surface area contributed by atoms with Crippen molar-refractivity contribution < 1.29 is 19.5 Å². The summed E-state index contributed by atoms with van der Waals surface area (Å²) >= 11 is 3.31. The zero-order valence-corrected chi connectivity index (χ0v) is 11.3. The number of aliphatic carboxylic acids is 1. The van der Waals surface area contributed by atoms with Crippen LogP contribution in [-0.2, 0) is 20.9 Å². The van der Waals surface area contributed by atoms with E-state index in [0.717, 1.165) is 14.9 Å². The van der Waals surface area contributed by atoms with E-state index in [0.29, 0.717) is 0 Å². The second kappa shape index (κ2) is 4.16. The number of carboxylic acid groups (broad SMARTS) is 1. The van der Waals surface area contributed by atoms with Crippen LogP contribution in [0.4, 0.5) is 0 Å². The summed E-state index contributed by atoms with van der Waals surface area (Å²) in [6.07, 6.45) is 0. The predicted octanol–water partition coefficient (Wildman–Crippen LogP) is 1.26. The molecule has 0 bridgehead atoms. The number of fused-ring (bicyclic) bond motifs is 1. The van der Waals surface area contributed by atoms with Crippen molar-refractivity contribution in [2.45, 2.75) is 6.54 Å². The van der Waals surface area contributed by atoms with Crippen LogP contribution in [-0.4, -0.2) is 27.8 Å². The molecule has 2 aliphatic rings. The largest absolute Gasteiger partial charge is 0.481 e. The molecule has 1 aliphatic heterocycles. The van der Waals surface area contributed by atoms with Gasteiger partial charge in [0.25, 0.3) is 0 Å². The third-order valence-corrected chi connectivity index (χ3v) is 4.19. The van der Waals surface area contributed by atoms with E-state index in [-0.39, 0.29) is 18.4 Å². The highest BCUT2D eigenvalue weighted by Crippen LogP contribution is 2.53. The molecule has 2 unspecified atom stereocenters. The average molecular weight is 324 g/mol. The molecule has 0 radical (unpaired) electrons. The molecule has 1 aromatic rings. The topological polar surface area (TPSA) is 74.7 Å². The summed E-state index contributed by atoms with van der Waals surface area (Å²) in [7, 11) is 0. The minimum Gasteiger partial charge on any atom is -0.481 e. The van der Waals surface area contributed by atoms with Gasteiger partial charge >= 0.3 is 5.97 Å². The highest BCUT2D eigenvalue weighted by Gasteiger charge is 2.70. The Kier molecular flexibility index (Phi) is 2.70. The zero-order chi connectivity index (χ0) is 13.7. The van der Waals surface area contributed by atoms with Crippen LogP contribution in [0.5, 0.6) is 0 Å². The monoisotopic (exact) mass is 323 g/mol. The summed E-state index contributed by atoms with van der Waals surface area (Å²) in [6.45, 7) is 0.213. The molecule has 6 heteroatoms. The maximum atomic E-state index is 12.0. The second-order valence-electron chi connectivity index (χ2n) is 4.80. The Hall–Kier alpha value is -1.69. The quantitative estimate of drug-likeness (QED) is 0.850. The van der Waals surface area contributed by atoms with Crippen LogP contribution in [0.2, 0.25) is 0 Å². The van der Waals surface area contributed by atoms with E-state index < -0.39 is 23.7 Å². The van der Waals surface area contributed by atoms with E-state index in [1.165, 1.54) is 0 Å². The maximum absolute atomic E-state index is 12.0. The Morgan fingerprint density at radius 2 is 1.68 bits per heavy atom. The van der Waals surface area contributed by atoms with Crippen molar-refractivity contribution in [2.75, 3.05) is 0 Å². The first-order valence-corrected chi connectivity index (χ1v) is 6.62. The lowest BCUT2D eigenvalue weighted by atomic mass is 10.2. The summed E-state index contributed by atoms with van der Waals surface area (Å²) < 4.78 is 0.920. The summed E-state index contributed by atoms with van der Waals surface area (Å²) in [5, 5.41) is 8.87. The first-order chi connectivity index (χ1) is 9.00. The third-order valence-electron chi connectivity index (χ3n) is 3.66. The number of carbonyl (C=O) groups is 3. The van der Waals surface area contributed by atoms with Crippen molar-refractivity contribution in [3.63, 3.8) is 0 Å². The summed E-state index contributed by atoms with van der Waals surface area (Å²) in [6, 6.07) is 7.31. The number of imide groups is 1. The number of piperidine rings is 1. The van der Waals surface area contributed by atoms with E-state index in [2.05, 4.69) is 15.9 Å². The lowest BCUT2D eigenvalue weighted by Crippen LogP contribution is -2.35. The van der Waals surface area contributed by atoms with Gasteiger partial charge in [0.2, 0.25) is 11.8 Å². The van der Waals surface area contributed by atoms with Crippen molar-refractivity contribution in [1.29, 1.82) is 0 Å². The molecular weight excluding hydrogens is 314 g/mol. The maximum Gasteiger partial charge on any atom is 0.308 e. The first-order valence-electron chi connectivity index (χ1n) is 5.83. The van der Waals surface area contributed by atoms with E-state index in [1.54, 1.807) is 0 Å². The number of likely N-dealkylation sites (tertiary alicyclic amines) is 1. The Bertz CT molecular complexity index is 561. The normalized spacial score (nSPS) is 28.5. The fourth-order valence-corrected chi connectivity index (χ4v) is 2.89. The SMILES string of the molecule is O=C(O)C1C2C(=O)N(Cc3ccc(Br)cc3)C(=O)C12. The molecule has 3 rings (SSSR count). The molecular formula is C13H10BrNO4. The molecule has 2 atom stereocenters. The fourth-order valence-electron chi connectivity index (χ4n) is 2.63. The number of nitrogens with zero attached hydrogens (tertiary/aromatic N) is 1. The average Bonchev–Trinajstić information content (AvgIpc) is 3.06. The predicted molar refractivity (Wildman–Crippen MR) is 67.8 cm³/mol. The molecule has 1 saturated heterocycles. The van der Waals surface area contributed by atoms with Crippen molar-refractivity contribution in [1.82, 2.24) is 4.90 Å². The number of carboxylic acids is 1. The molecule has 5 nitrogen and oxygen atoms in total. The van der Waals surface area contributed by atoms with Gasteiger partial charge in [-0.15, -0.1) is 0 Å². The van der Waals surface area contributed by atoms with Crippen LogP contribution in [0.1, 0.15) is 5.56 Å². The Morgan fingerprint density at radius 3 is 2.16 bits per heavy atom.